The fourth-order valence-corrected chi connectivity index (χ4v) is 3.95. The molecule has 2 amide bonds. The molecule has 1 saturated carbocycles. The number of ether oxygens (including phenoxy) is 1. The minimum Gasteiger partial charge on any atom is -0.370 e. The molecule has 8 heteroatoms. The lowest BCUT2D eigenvalue weighted by molar-refractivity contribution is -0.126. The van der Waals surface area contributed by atoms with E-state index in [1.54, 1.807) is 6.07 Å². The highest BCUT2D eigenvalue weighted by Gasteiger charge is 2.36. The van der Waals surface area contributed by atoms with E-state index in [4.69, 9.17) is 10.5 Å². The molecule has 2 fully saturated rings. The van der Waals surface area contributed by atoms with Gasteiger partial charge in [0.05, 0.1) is 12.3 Å². The maximum atomic E-state index is 14.7. The average Bonchev–Trinajstić information content (AvgIpc) is 2.60. The first-order chi connectivity index (χ1) is 14.2. The Labute approximate surface area is 177 Å². The molecule has 0 bridgehead atoms. The standard InChI is InChI=1S/C22H33FN4O3/c1-22(2,3)14-27(16-5-4-6-16)19(12-24)21(29)25-15-7-8-18(17(23)11-15)26-9-10-30-13-20(26)28/h7-8,11,16,19H,4-6,9-10,12-14,24H2,1-3H3,(H,25,29)/t19-/m1/s1. The number of rotatable bonds is 7. The molecule has 2 aliphatic rings. The fourth-order valence-electron chi connectivity index (χ4n) is 3.95. The molecule has 0 radical (unpaired) electrons. The smallest absolute Gasteiger partial charge is 0.253 e. The lowest BCUT2D eigenvalue weighted by Crippen LogP contribution is -2.57. The van der Waals surface area contributed by atoms with E-state index < -0.39 is 11.9 Å². The van der Waals surface area contributed by atoms with Gasteiger partial charge in [0.2, 0.25) is 5.91 Å². The summed E-state index contributed by atoms with van der Waals surface area (Å²) in [5.41, 5.74) is 6.57. The minimum atomic E-state index is -0.558. The summed E-state index contributed by atoms with van der Waals surface area (Å²) in [6.45, 7) is 8.01. The number of hydrogen-bond donors (Lipinski definition) is 2. The molecule has 0 unspecified atom stereocenters. The third-order valence-corrected chi connectivity index (χ3v) is 5.62. The van der Waals surface area contributed by atoms with Crippen LogP contribution in [0.1, 0.15) is 40.0 Å². The Morgan fingerprint density at radius 2 is 2.13 bits per heavy atom. The van der Waals surface area contributed by atoms with Crippen molar-refractivity contribution in [3.63, 3.8) is 0 Å². The normalized spacial score (nSPS) is 19.0. The number of benzene rings is 1. The molecule has 0 aromatic heterocycles. The van der Waals surface area contributed by atoms with Crippen molar-refractivity contribution in [3.05, 3.63) is 24.0 Å². The number of hydrogen-bond acceptors (Lipinski definition) is 5. The van der Waals surface area contributed by atoms with E-state index in [0.29, 0.717) is 24.9 Å². The van der Waals surface area contributed by atoms with Crippen LogP contribution in [0.3, 0.4) is 0 Å². The number of carbonyl (C=O) groups excluding carboxylic acids is 2. The summed E-state index contributed by atoms with van der Waals surface area (Å²) < 4.78 is 19.8. The Kier molecular flexibility index (Phi) is 7.10. The molecule has 1 aliphatic heterocycles. The van der Waals surface area contributed by atoms with Crippen molar-refractivity contribution in [1.82, 2.24) is 4.90 Å². The van der Waals surface area contributed by atoms with E-state index in [0.717, 1.165) is 25.8 Å². The van der Waals surface area contributed by atoms with E-state index in [1.165, 1.54) is 17.0 Å². The molecule has 1 aromatic carbocycles. The Balaban J connectivity index is 1.72. The van der Waals surface area contributed by atoms with Crippen LogP contribution in [-0.2, 0) is 14.3 Å². The number of halogens is 1. The van der Waals surface area contributed by atoms with Gasteiger partial charge in [-0.25, -0.2) is 4.39 Å². The van der Waals surface area contributed by atoms with Crippen molar-refractivity contribution >= 4 is 23.2 Å². The highest BCUT2D eigenvalue weighted by Crippen LogP contribution is 2.30. The molecular formula is C22H33FN4O3. The monoisotopic (exact) mass is 420 g/mol. The van der Waals surface area contributed by atoms with Gasteiger partial charge >= 0.3 is 0 Å². The van der Waals surface area contributed by atoms with Gasteiger partial charge in [0.25, 0.3) is 5.91 Å². The number of anilines is 2. The van der Waals surface area contributed by atoms with E-state index in [-0.39, 0.29) is 36.1 Å². The van der Waals surface area contributed by atoms with Gasteiger partial charge in [0.1, 0.15) is 18.5 Å². The predicted octanol–water partition coefficient (Wildman–Crippen LogP) is 2.36. The summed E-state index contributed by atoms with van der Waals surface area (Å²) in [6, 6.07) is 4.27. The van der Waals surface area contributed by atoms with Crippen LogP contribution in [0, 0.1) is 11.2 Å². The SMILES string of the molecule is CC(C)(C)CN(C1CCC1)[C@H](CN)C(=O)Nc1ccc(N2CCOCC2=O)c(F)c1. The van der Waals surface area contributed by atoms with E-state index in [1.807, 2.05) is 0 Å². The molecule has 30 heavy (non-hydrogen) atoms. The Morgan fingerprint density at radius 3 is 2.67 bits per heavy atom. The molecule has 1 aromatic rings. The molecule has 0 spiro atoms. The third kappa shape index (κ3) is 5.36. The van der Waals surface area contributed by atoms with Crippen molar-refractivity contribution in [3.8, 4) is 0 Å². The number of amides is 2. The minimum absolute atomic E-state index is 0.0295. The van der Waals surface area contributed by atoms with Gasteiger partial charge in [-0.3, -0.25) is 14.5 Å². The molecule has 7 nitrogen and oxygen atoms in total. The molecular weight excluding hydrogens is 387 g/mol. The highest BCUT2D eigenvalue weighted by molar-refractivity contribution is 5.97. The van der Waals surface area contributed by atoms with E-state index in [9.17, 15) is 14.0 Å². The van der Waals surface area contributed by atoms with Gasteiger partial charge in [-0.2, -0.15) is 0 Å². The first-order valence-electron chi connectivity index (χ1n) is 10.6. The molecule has 3 N–H and O–H groups in total. The van der Waals surface area contributed by atoms with Crippen LogP contribution in [0.25, 0.3) is 0 Å². The molecule has 1 heterocycles. The summed E-state index contributed by atoms with van der Waals surface area (Å²) >= 11 is 0. The predicted molar refractivity (Wildman–Crippen MR) is 115 cm³/mol. The lowest BCUT2D eigenvalue weighted by atomic mass is 9.86. The van der Waals surface area contributed by atoms with Gasteiger partial charge in [0, 0.05) is 31.4 Å². The zero-order valence-corrected chi connectivity index (χ0v) is 18.1. The van der Waals surface area contributed by atoms with Crippen molar-refractivity contribution in [2.75, 3.05) is 43.1 Å². The summed E-state index contributed by atoms with van der Waals surface area (Å²) in [7, 11) is 0. The van der Waals surface area contributed by atoms with Crippen LogP contribution in [0.15, 0.2) is 18.2 Å². The van der Waals surface area contributed by atoms with Gasteiger partial charge in [-0.15, -0.1) is 0 Å². The van der Waals surface area contributed by atoms with Crippen LogP contribution in [0.5, 0.6) is 0 Å². The summed E-state index contributed by atoms with van der Waals surface area (Å²) in [4.78, 5) is 28.6. The second-order valence-electron chi connectivity index (χ2n) is 9.32. The Bertz CT molecular complexity index is 776. The van der Waals surface area contributed by atoms with Crippen LogP contribution in [0.4, 0.5) is 15.8 Å². The number of nitrogens with two attached hydrogens (primary N) is 1. The first-order valence-corrected chi connectivity index (χ1v) is 10.6. The van der Waals surface area contributed by atoms with E-state index in [2.05, 4.69) is 31.0 Å². The number of nitrogens with one attached hydrogen (secondary N) is 1. The van der Waals surface area contributed by atoms with Crippen LogP contribution in [-0.4, -0.2) is 61.6 Å². The number of morpholine rings is 1. The zero-order valence-electron chi connectivity index (χ0n) is 18.1. The average molecular weight is 421 g/mol. The molecule has 3 rings (SSSR count). The third-order valence-electron chi connectivity index (χ3n) is 5.62. The van der Waals surface area contributed by atoms with Gasteiger partial charge in [-0.05, 0) is 36.5 Å². The Hall–Kier alpha value is -2.03. The van der Waals surface area contributed by atoms with Crippen LogP contribution >= 0.6 is 0 Å². The number of carbonyl (C=O) groups is 2. The molecule has 1 saturated heterocycles. The van der Waals surface area contributed by atoms with Crippen LogP contribution < -0.4 is 16.0 Å². The summed E-state index contributed by atoms with van der Waals surface area (Å²) in [5.74, 6) is -1.07. The Morgan fingerprint density at radius 1 is 1.40 bits per heavy atom. The van der Waals surface area contributed by atoms with Gasteiger partial charge in [0.15, 0.2) is 0 Å². The number of nitrogens with zero attached hydrogens (tertiary/aromatic N) is 2. The second kappa shape index (κ2) is 9.41. The molecule has 1 atom stereocenters. The quantitative estimate of drug-likeness (QED) is 0.707. The van der Waals surface area contributed by atoms with Crippen molar-refractivity contribution in [2.24, 2.45) is 11.1 Å². The van der Waals surface area contributed by atoms with Crippen molar-refractivity contribution in [1.29, 1.82) is 0 Å². The largest absolute Gasteiger partial charge is 0.370 e. The second-order valence-corrected chi connectivity index (χ2v) is 9.32. The zero-order chi connectivity index (χ0) is 21.9. The highest BCUT2D eigenvalue weighted by atomic mass is 19.1. The first kappa shape index (κ1) is 22.7. The van der Waals surface area contributed by atoms with Crippen LogP contribution in [0.2, 0.25) is 0 Å². The topological polar surface area (TPSA) is 87.9 Å². The molecule has 166 valence electrons. The van der Waals surface area contributed by atoms with Crippen molar-refractivity contribution in [2.45, 2.75) is 52.1 Å². The summed E-state index contributed by atoms with van der Waals surface area (Å²) in [6.07, 6.45) is 3.30. The maximum Gasteiger partial charge on any atom is 0.253 e. The van der Waals surface area contributed by atoms with Gasteiger partial charge < -0.3 is 20.7 Å². The van der Waals surface area contributed by atoms with E-state index >= 15 is 0 Å². The summed E-state index contributed by atoms with van der Waals surface area (Å²) in [5, 5.41) is 2.82. The van der Waals surface area contributed by atoms with Gasteiger partial charge in [-0.1, -0.05) is 27.2 Å². The van der Waals surface area contributed by atoms with Crippen molar-refractivity contribution < 1.29 is 18.7 Å². The maximum absolute atomic E-state index is 14.7. The lowest BCUT2D eigenvalue weighted by Gasteiger charge is -2.44. The fraction of sp³-hybridized carbons (Fsp3) is 0.636. The molecule has 1 aliphatic carbocycles.